The number of alkyl carbamates (subject to hydrolysis) is 1. The van der Waals surface area contributed by atoms with E-state index in [1.54, 1.807) is 11.3 Å². The molecule has 0 aliphatic heterocycles. The Morgan fingerprint density at radius 2 is 1.83 bits per heavy atom. The minimum Gasteiger partial charge on any atom is -0.444 e. The first kappa shape index (κ1) is 25.2. The van der Waals surface area contributed by atoms with Gasteiger partial charge >= 0.3 is 6.09 Å². The van der Waals surface area contributed by atoms with Crippen LogP contribution < -0.4 is 16.0 Å². The minimum absolute atomic E-state index is 0. The predicted molar refractivity (Wildman–Crippen MR) is 130 cm³/mol. The largest absolute Gasteiger partial charge is 0.444 e. The lowest BCUT2D eigenvalue weighted by Gasteiger charge is -2.19. The van der Waals surface area contributed by atoms with Gasteiger partial charge < -0.3 is 20.7 Å². The summed E-state index contributed by atoms with van der Waals surface area (Å²) >= 11 is 1.61. The van der Waals surface area contributed by atoms with Gasteiger partial charge in [0.2, 0.25) is 0 Å². The van der Waals surface area contributed by atoms with Crippen molar-refractivity contribution in [2.45, 2.75) is 39.8 Å². The van der Waals surface area contributed by atoms with Crippen LogP contribution in [0.2, 0.25) is 0 Å². The van der Waals surface area contributed by atoms with Gasteiger partial charge in [0.05, 0.1) is 12.2 Å². The summed E-state index contributed by atoms with van der Waals surface area (Å²) in [6.45, 7) is 9.72. The SMILES string of the molecule is CCNC(=NCc1csc(-c2ccccc2)n1)NCCNC(=O)OC(C)(C)C.I. The first-order valence-electron chi connectivity index (χ1n) is 9.36. The molecule has 160 valence electrons. The normalized spacial score (nSPS) is 11.4. The number of carbonyl (C=O) groups is 1. The third-order valence-electron chi connectivity index (χ3n) is 3.40. The molecule has 0 saturated heterocycles. The fraction of sp³-hybridized carbons (Fsp3) is 0.450. The monoisotopic (exact) mass is 531 g/mol. The molecule has 1 heterocycles. The molecule has 0 spiro atoms. The lowest BCUT2D eigenvalue weighted by molar-refractivity contribution is 0.0529. The second-order valence-electron chi connectivity index (χ2n) is 7.06. The van der Waals surface area contributed by atoms with Crippen molar-refractivity contribution in [3.63, 3.8) is 0 Å². The number of guanidine groups is 1. The highest BCUT2D eigenvalue weighted by atomic mass is 127. The number of aliphatic imine (C=N–C) groups is 1. The molecular weight excluding hydrogens is 501 g/mol. The molecule has 0 fully saturated rings. The van der Waals surface area contributed by atoms with Gasteiger partial charge in [-0.3, -0.25) is 0 Å². The number of halogens is 1. The van der Waals surface area contributed by atoms with Gasteiger partial charge in [0.1, 0.15) is 10.6 Å². The molecule has 0 aliphatic carbocycles. The molecule has 7 nitrogen and oxygen atoms in total. The van der Waals surface area contributed by atoms with Crippen LogP contribution in [0.3, 0.4) is 0 Å². The quantitative estimate of drug-likeness (QED) is 0.218. The van der Waals surface area contributed by atoms with Crippen molar-refractivity contribution in [3.05, 3.63) is 41.4 Å². The highest BCUT2D eigenvalue weighted by molar-refractivity contribution is 14.0. The molecule has 1 aromatic carbocycles. The Hall–Kier alpha value is -1.88. The lowest BCUT2D eigenvalue weighted by atomic mass is 10.2. The highest BCUT2D eigenvalue weighted by Gasteiger charge is 2.15. The van der Waals surface area contributed by atoms with Gasteiger partial charge in [0, 0.05) is 30.6 Å². The maximum Gasteiger partial charge on any atom is 0.407 e. The smallest absolute Gasteiger partial charge is 0.407 e. The van der Waals surface area contributed by atoms with Crippen molar-refractivity contribution in [2.24, 2.45) is 4.99 Å². The van der Waals surface area contributed by atoms with Crippen molar-refractivity contribution in [1.82, 2.24) is 20.9 Å². The highest BCUT2D eigenvalue weighted by Crippen LogP contribution is 2.23. The van der Waals surface area contributed by atoms with Crippen LogP contribution >= 0.6 is 35.3 Å². The molecule has 0 aliphatic rings. The van der Waals surface area contributed by atoms with Crippen molar-refractivity contribution in [2.75, 3.05) is 19.6 Å². The average molecular weight is 531 g/mol. The molecule has 0 saturated carbocycles. The number of rotatable bonds is 7. The summed E-state index contributed by atoms with van der Waals surface area (Å²) < 4.78 is 5.21. The van der Waals surface area contributed by atoms with E-state index >= 15 is 0 Å². The Morgan fingerprint density at radius 3 is 2.48 bits per heavy atom. The van der Waals surface area contributed by atoms with Gasteiger partial charge in [-0.25, -0.2) is 14.8 Å². The lowest BCUT2D eigenvalue weighted by Crippen LogP contribution is -2.42. The summed E-state index contributed by atoms with van der Waals surface area (Å²) in [4.78, 5) is 20.9. The third-order valence-corrected chi connectivity index (χ3v) is 4.34. The number of carbonyl (C=O) groups excluding carboxylic acids is 1. The number of nitrogens with zero attached hydrogens (tertiary/aromatic N) is 2. The van der Waals surface area contributed by atoms with E-state index in [0.29, 0.717) is 25.6 Å². The number of amides is 1. The van der Waals surface area contributed by atoms with Gasteiger partial charge in [-0.05, 0) is 27.7 Å². The van der Waals surface area contributed by atoms with Crippen molar-refractivity contribution in [1.29, 1.82) is 0 Å². The van der Waals surface area contributed by atoms with Gasteiger partial charge in [0.15, 0.2) is 5.96 Å². The molecule has 0 atom stereocenters. The topological polar surface area (TPSA) is 87.6 Å². The fourth-order valence-electron chi connectivity index (χ4n) is 2.25. The molecule has 1 aromatic heterocycles. The summed E-state index contributed by atoms with van der Waals surface area (Å²) in [5, 5.41) is 12.1. The van der Waals surface area contributed by atoms with Gasteiger partial charge in [-0.15, -0.1) is 35.3 Å². The number of benzene rings is 1. The summed E-state index contributed by atoms with van der Waals surface area (Å²) in [5.74, 6) is 0.683. The van der Waals surface area contributed by atoms with E-state index in [0.717, 1.165) is 22.8 Å². The zero-order valence-corrected chi connectivity index (χ0v) is 20.5. The number of ether oxygens (including phenoxy) is 1. The molecule has 2 aromatic rings. The Labute approximate surface area is 193 Å². The van der Waals surface area contributed by atoms with E-state index < -0.39 is 11.7 Å². The first-order chi connectivity index (χ1) is 13.4. The van der Waals surface area contributed by atoms with E-state index in [9.17, 15) is 4.79 Å². The summed E-state index contributed by atoms with van der Waals surface area (Å²) in [6, 6.07) is 10.1. The molecule has 0 bridgehead atoms. The third kappa shape index (κ3) is 9.93. The maximum atomic E-state index is 11.6. The average Bonchev–Trinajstić information content (AvgIpc) is 3.11. The molecule has 9 heteroatoms. The standard InChI is InChI=1S/C20H29N5O2S.HI/c1-5-21-18(22-11-12-23-19(26)27-20(2,3)4)24-13-16-14-28-17(25-16)15-9-7-6-8-10-15;/h6-10,14H,5,11-13H2,1-4H3,(H,23,26)(H2,21,22,24);1H. The predicted octanol–water partition coefficient (Wildman–Crippen LogP) is 4.01. The molecular formula is C20H30IN5O2S. The van der Waals surface area contributed by atoms with Gasteiger partial charge in [-0.2, -0.15) is 0 Å². The van der Waals surface area contributed by atoms with Gasteiger partial charge in [-0.1, -0.05) is 30.3 Å². The zero-order valence-electron chi connectivity index (χ0n) is 17.3. The van der Waals surface area contributed by atoms with E-state index in [1.807, 2.05) is 51.3 Å². The van der Waals surface area contributed by atoms with Crippen molar-refractivity contribution >= 4 is 47.4 Å². The van der Waals surface area contributed by atoms with Crippen LogP contribution in [-0.4, -0.2) is 42.3 Å². The van der Waals surface area contributed by atoms with Crippen molar-refractivity contribution < 1.29 is 9.53 Å². The molecule has 29 heavy (non-hydrogen) atoms. The summed E-state index contributed by atoms with van der Waals surface area (Å²) in [5.41, 5.74) is 1.54. The number of nitrogens with one attached hydrogen (secondary N) is 3. The summed E-state index contributed by atoms with van der Waals surface area (Å²) in [7, 11) is 0. The Balaban J connectivity index is 0.00000420. The molecule has 3 N–H and O–H groups in total. The molecule has 0 unspecified atom stereocenters. The first-order valence-corrected chi connectivity index (χ1v) is 10.2. The van der Waals surface area contributed by atoms with Crippen LogP contribution in [0.1, 0.15) is 33.4 Å². The van der Waals surface area contributed by atoms with Crippen LogP contribution in [0.25, 0.3) is 10.6 Å². The fourth-order valence-corrected chi connectivity index (χ4v) is 3.07. The Morgan fingerprint density at radius 1 is 1.14 bits per heavy atom. The Kier molecular flexibility index (Phi) is 11.0. The molecule has 0 radical (unpaired) electrons. The van der Waals surface area contributed by atoms with Crippen LogP contribution in [-0.2, 0) is 11.3 Å². The number of thiazole rings is 1. The second kappa shape index (κ2) is 12.6. The van der Waals surface area contributed by atoms with E-state index in [-0.39, 0.29) is 24.0 Å². The van der Waals surface area contributed by atoms with Crippen molar-refractivity contribution in [3.8, 4) is 10.6 Å². The van der Waals surface area contributed by atoms with E-state index in [1.165, 1.54) is 0 Å². The van der Waals surface area contributed by atoms with Crippen LogP contribution in [0.5, 0.6) is 0 Å². The number of hydrogen-bond acceptors (Lipinski definition) is 5. The molecule has 1 amide bonds. The minimum atomic E-state index is -0.500. The zero-order chi connectivity index (χ0) is 20.4. The van der Waals surface area contributed by atoms with E-state index in [4.69, 9.17) is 4.74 Å². The summed E-state index contributed by atoms with van der Waals surface area (Å²) in [6.07, 6.45) is -0.424. The number of hydrogen-bond donors (Lipinski definition) is 3. The van der Waals surface area contributed by atoms with Gasteiger partial charge in [0.25, 0.3) is 0 Å². The molecule has 2 rings (SSSR count). The van der Waals surface area contributed by atoms with Crippen LogP contribution in [0.4, 0.5) is 4.79 Å². The van der Waals surface area contributed by atoms with Crippen LogP contribution in [0, 0.1) is 0 Å². The number of aromatic nitrogens is 1. The second-order valence-corrected chi connectivity index (χ2v) is 7.92. The van der Waals surface area contributed by atoms with E-state index in [2.05, 4.69) is 38.1 Å². The van der Waals surface area contributed by atoms with Crippen LogP contribution in [0.15, 0.2) is 40.7 Å². The Bertz CT molecular complexity index is 775. The maximum absolute atomic E-state index is 11.6.